The summed E-state index contributed by atoms with van der Waals surface area (Å²) in [7, 11) is 0. The van der Waals surface area contributed by atoms with Crippen molar-refractivity contribution in [3.05, 3.63) is 95.1 Å². The van der Waals surface area contributed by atoms with Gasteiger partial charge in [-0.15, -0.1) is 0 Å². The van der Waals surface area contributed by atoms with Crippen molar-refractivity contribution in [3.8, 4) is 0 Å². The molecule has 0 fully saturated rings. The normalized spacial score (nSPS) is 18.8. The Labute approximate surface area is 151 Å². The van der Waals surface area contributed by atoms with Gasteiger partial charge in [-0.05, 0) is 23.8 Å². The molecule has 0 aromatic heterocycles. The van der Waals surface area contributed by atoms with Gasteiger partial charge in [0.25, 0.3) is 5.91 Å². The predicted molar refractivity (Wildman–Crippen MR) is 101 cm³/mol. The fraction of sp³-hybridized carbons (Fsp3) is 0.0952. The highest BCUT2D eigenvalue weighted by Gasteiger charge is 2.49. The second-order valence-electron chi connectivity index (χ2n) is 6.44. The molecule has 0 bridgehead atoms. The molecule has 1 unspecified atom stereocenters. The van der Waals surface area contributed by atoms with Crippen molar-refractivity contribution in [1.29, 1.82) is 0 Å². The minimum Gasteiger partial charge on any atom is -0.397 e. The molecule has 0 aliphatic carbocycles. The van der Waals surface area contributed by atoms with Gasteiger partial charge < -0.3 is 16.6 Å². The topological polar surface area (TPSA) is 92.6 Å². The van der Waals surface area contributed by atoms with Crippen LogP contribution in [-0.2, 0) is 12.3 Å². The van der Waals surface area contributed by atoms with Gasteiger partial charge in [0.1, 0.15) is 0 Å². The first-order valence-electron chi connectivity index (χ1n) is 8.35. The summed E-state index contributed by atoms with van der Waals surface area (Å²) in [5, 5.41) is 11.7. The number of nitrogens with zero attached hydrogens (tertiary/aromatic N) is 1. The zero-order valence-corrected chi connectivity index (χ0v) is 14.1. The maximum Gasteiger partial charge on any atom is 0.257 e. The Morgan fingerprint density at radius 3 is 2.31 bits per heavy atom. The molecule has 26 heavy (non-hydrogen) atoms. The molecule has 130 valence electrons. The van der Waals surface area contributed by atoms with Gasteiger partial charge in [0, 0.05) is 23.2 Å². The third-order valence-electron chi connectivity index (χ3n) is 4.84. The van der Waals surface area contributed by atoms with Crippen LogP contribution >= 0.6 is 0 Å². The molecule has 5 heteroatoms. The molecule has 0 radical (unpaired) electrons. The molecule has 3 aromatic rings. The number of anilines is 2. The van der Waals surface area contributed by atoms with Crippen LogP contribution in [0.5, 0.6) is 0 Å². The molecule has 1 aliphatic rings. The van der Waals surface area contributed by atoms with E-state index in [1.807, 2.05) is 36.4 Å². The van der Waals surface area contributed by atoms with E-state index in [1.165, 1.54) is 4.90 Å². The van der Waals surface area contributed by atoms with Crippen molar-refractivity contribution in [2.24, 2.45) is 0 Å². The first-order valence-corrected chi connectivity index (χ1v) is 8.35. The van der Waals surface area contributed by atoms with Gasteiger partial charge in [0.15, 0.2) is 5.72 Å². The number of fused-ring (bicyclic) bond motifs is 1. The third-order valence-corrected chi connectivity index (χ3v) is 4.84. The molecule has 5 N–H and O–H groups in total. The molecule has 3 aromatic carbocycles. The van der Waals surface area contributed by atoms with E-state index in [4.69, 9.17) is 11.5 Å². The van der Waals surface area contributed by atoms with E-state index in [2.05, 4.69) is 0 Å². The Morgan fingerprint density at radius 2 is 1.58 bits per heavy atom. The number of hydrogen-bond donors (Lipinski definition) is 3. The molecule has 0 saturated heterocycles. The number of aliphatic hydroxyl groups is 1. The lowest BCUT2D eigenvalue weighted by molar-refractivity contribution is -0.0542. The molecular formula is C21H19N3O2. The van der Waals surface area contributed by atoms with Gasteiger partial charge in [-0.1, -0.05) is 54.6 Å². The average molecular weight is 345 g/mol. The number of nitrogens with two attached hydrogens (primary N) is 2. The first kappa shape index (κ1) is 16.2. The van der Waals surface area contributed by atoms with Crippen molar-refractivity contribution in [2.75, 3.05) is 11.5 Å². The van der Waals surface area contributed by atoms with Crippen LogP contribution in [0, 0.1) is 0 Å². The number of benzene rings is 3. The van der Waals surface area contributed by atoms with Gasteiger partial charge in [-0.25, -0.2) is 0 Å². The zero-order chi connectivity index (χ0) is 18.3. The summed E-state index contributed by atoms with van der Waals surface area (Å²) >= 11 is 0. The number of rotatable bonds is 3. The van der Waals surface area contributed by atoms with Crippen molar-refractivity contribution in [1.82, 2.24) is 4.90 Å². The second-order valence-corrected chi connectivity index (χ2v) is 6.44. The molecule has 1 amide bonds. The maximum atomic E-state index is 13.1. The van der Waals surface area contributed by atoms with Crippen molar-refractivity contribution < 1.29 is 9.90 Å². The molecule has 0 spiro atoms. The fourth-order valence-corrected chi connectivity index (χ4v) is 3.47. The summed E-state index contributed by atoms with van der Waals surface area (Å²) in [5.41, 5.74) is 13.5. The summed E-state index contributed by atoms with van der Waals surface area (Å²) in [5.74, 6) is -0.220. The third kappa shape index (κ3) is 2.33. The SMILES string of the molecule is Nc1ccc(C2(O)c3ccccc3C(=O)N2Cc2ccccc2)cc1N. The summed E-state index contributed by atoms with van der Waals surface area (Å²) in [6, 6.07) is 21.7. The highest BCUT2D eigenvalue weighted by molar-refractivity contribution is 6.00. The van der Waals surface area contributed by atoms with E-state index in [-0.39, 0.29) is 12.5 Å². The molecular weight excluding hydrogens is 326 g/mol. The lowest BCUT2D eigenvalue weighted by Gasteiger charge is -2.35. The molecule has 4 rings (SSSR count). The van der Waals surface area contributed by atoms with Crippen LogP contribution in [0.2, 0.25) is 0 Å². The van der Waals surface area contributed by atoms with Crippen LogP contribution in [0.1, 0.15) is 27.0 Å². The van der Waals surface area contributed by atoms with Gasteiger partial charge in [-0.2, -0.15) is 0 Å². The fourth-order valence-electron chi connectivity index (χ4n) is 3.47. The summed E-state index contributed by atoms with van der Waals surface area (Å²) < 4.78 is 0. The van der Waals surface area contributed by atoms with Gasteiger partial charge >= 0.3 is 0 Å². The van der Waals surface area contributed by atoms with E-state index < -0.39 is 5.72 Å². The Morgan fingerprint density at radius 1 is 0.885 bits per heavy atom. The monoisotopic (exact) mass is 345 g/mol. The van der Waals surface area contributed by atoms with E-state index in [1.54, 1.807) is 36.4 Å². The number of hydrogen-bond acceptors (Lipinski definition) is 4. The molecule has 1 aliphatic heterocycles. The predicted octanol–water partition coefficient (Wildman–Crippen LogP) is 2.70. The number of carbonyl (C=O) groups is 1. The largest absolute Gasteiger partial charge is 0.397 e. The first-order chi connectivity index (χ1) is 12.5. The Bertz CT molecular complexity index is 988. The Hall–Kier alpha value is -3.31. The van der Waals surface area contributed by atoms with Crippen LogP contribution in [0.25, 0.3) is 0 Å². The Kier molecular flexibility index (Phi) is 3.67. The minimum atomic E-state index is -1.61. The van der Waals surface area contributed by atoms with Gasteiger partial charge in [-0.3, -0.25) is 9.69 Å². The van der Waals surface area contributed by atoms with Crippen molar-refractivity contribution in [2.45, 2.75) is 12.3 Å². The standard InChI is InChI=1S/C21H19N3O2/c22-18-11-10-15(12-19(18)23)21(26)17-9-5-4-8-16(17)20(25)24(21)13-14-6-2-1-3-7-14/h1-12,26H,13,22-23H2. The van der Waals surface area contributed by atoms with Crippen LogP contribution < -0.4 is 11.5 Å². The lowest BCUT2D eigenvalue weighted by atomic mass is 9.93. The van der Waals surface area contributed by atoms with Gasteiger partial charge in [0.05, 0.1) is 11.4 Å². The quantitative estimate of drug-likeness (QED) is 0.636. The van der Waals surface area contributed by atoms with E-state index in [0.717, 1.165) is 5.56 Å². The maximum absolute atomic E-state index is 13.1. The summed E-state index contributed by atoms with van der Waals surface area (Å²) in [4.78, 5) is 14.5. The van der Waals surface area contributed by atoms with Crippen molar-refractivity contribution >= 4 is 17.3 Å². The van der Waals surface area contributed by atoms with Crippen LogP contribution in [0.4, 0.5) is 11.4 Å². The average Bonchev–Trinajstić information content (AvgIpc) is 2.88. The highest BCUT2D eigenvalue weighted by Crippen LogP contribution is 2.43. The second kappa shape index (κ2) is 5.89. The van der Waals surface area contributed by atoms with Gasteiger partial charge in [0.2, 0.25) is 0 Å². The summed E-state index contributed by atoms with van der Waals surface area (Å²) in [6.45, 7) is 0.273. The molecule has 0 saturated carbocycles. The Balaban J connectivity index is 1.89. The highest BCUT2D eigenvalue weighted by atomic mass is 16.3. The van der Waals surface area contributed by atoms with E-state index in [0.29, 0.717) is 28.1 Å². The summed E-state index contributed by atoms with van der Waals surface area (Å²) in [6.07, 6.45) is 0. The number of carbonyl (C=O) groups excluding carboxylic acids is 1. The minimum absolute atomic E-state index is 0.220. The zero-order valence-electron chi connectivity index (χ0n) is 14.1. The van der Waals surface area contributed by atoms with E-state index >= 15 is 0 Å². The van der Waals surface area contributed by atoms with Crippen LogP contribution in [-0.4, -0.2) is 15.9 Å². The smallest absolute Gasteiger partial charge is 0.257 e. The van der Waals surface area contributed by atoms with E-state index in [9.17, 15) is 9.90 Å². The van der Waals surface area contributed by atoms with Crippen molar-refractivity contribution in [3.63, 3.8) is 0 Å². The number of nitrogen functional groups attached to an aromatic ring is 2. The number of amides is 1. The van der Waals surface area contributed by atoms with Crippen LogP contribution in [0.15, 0.2) is 72.8 Å². The van der Waals surface area contributed by atoms with Crippen LogP contribution in [0.3, 0.4) is 0 Å². The molecule has 1 heterocycles. The molecule has 5 nitrogen and oxygen atoms in total. The molecule has 1 atom stereocenters. The lowest BCUT2D eigenvalue weighted by Crippen LogP contribution is -2.44.